The highest BCUT2D eigenvalue weighted by Gasteiger charge is 2.10. The molecule has 2 N–H and O–H groups in total. The minimum Gasteiger partial charge on any atom is -0.479 e. The molecule has 15 heavy (non-hydrogen) atoms. The molecule has 82 valence electrons. The fourth-order valence-electron chi connectivity index (χ4n) is 1.13. The van der Waals surface area contributed by atoms with E-state index in [1.807, 2.05) is 0 Å². The van der Waals surface area contributed by atoms with E-state index in [1.54, 1.807) is 6.92 Å². The molecule has 0 aliphatic carbocycles. The second kappa shape index (κ2) is 5.26. The van der Waals surface area contributed by atoms with Crippen LogP contribution in [-0.4, -0.2) is 39.4 Å². The van der Waals surface area contributed by atoms with Gasteiger partial charge in [0.15, 0.2) is 6.61 Å². The lowest BCUT2D eigenvalue weighted by atomic mass is 10.2. The second-order valence-electron chi connectivity index (χ2n) is 2.90. The summed E-state index contributed by atoms with van der Waals surface area (Å²) in [4.78, 5) is 18.1. The van der Waals surface area contributed by atoms with E-state index in [9.17, 15) is 4.79 Å². The molecule has 1 rings (SSSR count). The Bertz CT molecular complexity index is 354. The lowest BCUT2D eigenvalue weighted by Crippen LogP contribution is -2.13. The number of aliphatic hydroxyl groups is 1. The van der Waals surface area contributed by atoms with Gasteiger partial charge in [-0.2, -0.15) is 0 Å². The van der Waals surface area contributed by atoms with Gasteiger partial charge in [0, 0.05) is 24.3 Å². The Labute approximate surface area is 86.6 Å². The lowest BCUT2D eigenvalue weighted by Gasteiger charge is -2.09. The van der Waals surface area contributed by atoms with Gasteiger partial charge in [-0.05, 0) is 6.92 Å². The summed E-state index contributed by atoms with van der Waals surface area (Å²) in [7, 11) is 0. The highest BCUT2D eigenvalue weighted by molar-refractivity contribution is 5.68. The maximum Gasteiger partial charge on any atom is 0.341 e. The molecule has 0 saturated carbocycles. The first-order valence-electron chi connectivity index (χ1n) is 4.41. The summed E-state index contributed by atoms with van der Waals surface area (Å²) < 4.78 is 4.97. The van der Waals surface area contributed by atoms with E-state index in [2.05, 4.69) is 9.97 Å². The van der Waals surface area contributed by atoms with Crippen LogP contribution in [0.2, 0.25) is 0 Å². The zero-order chi connectivity index (χ0) is 11.3. The molecular weight excluding hydrogens is 200 g/mol. The number of rotatable bonds is 5. The Morgan fingerprint density at radius 3 is 2.87 bits per heavy atom. The van der Waals surface area contributed by atoms with Crippen molar-refractivity contribution in [3.8, 4) is 5.88 Å². The first-order valence-corrected chi connectivity index (χ1v) is 4.41. The number of ether oxygens (including phenoxy) is 1. The monoisotopic (exact) mass is 212 g/mol. The molecule has 6 nitrogen and oxygen atoms in total. The SMILES string of the molecule is Cc1ncnc(OCC(=O)O)c1CCO. The molecule has 0 atom stereocenters. The first-order chi connectivity index (χ1) is 7.15. The summed E-state index contributed by atoms with van der Waals surface area (Å²) in [5.41, 5.74) is 1.32. The van der Waals surface area contributed by atoms with Gasteiger partial charge in [-0.3, -0.25) is 0 Å². The smallest absolute Gasteiger partial charge is 0.341 e. The molecule has 0 amide bonds. The van der Waals surface area contributed by atoms with Crippen molar-refractivity contribution in [2.45, 2.75) is 13.3 Å². The minimum absolute atomic E-state index is 0.0579. The predicted molar refractivity (Wildman–Crippen MR) is 50.7 cm³/mol. The van der Waals surface area contributed by atoms with Crippen molar-refractivity contribution >= 4 is 5.97 Å². The van der Waals surface area contributed by atoms with Crippen LogP contribution in [0.5, 0.6) is 5.88 Å². The van der Waals surface area contributed by atoms with Crippen molar-refractivity contribution in [3.63, 3.8) is 0 Å². The number of carbonyl (C=O) groups is 1. The summed E-state index contributed by atoms with van der Waals surface area (Å²) in [6.45, 7) is 1.24. The minimum atomic E-state index is -1.07. The average molecular weight is 212 g/mol. The molecule has 0 radical (unpaired) electrons. The second-order valence-corrected chi connectivity index (χ2v) is 2.90. The number of aromatic nitrogens is 2. The zero-order valence-electron chi connectivity index (χ0n) is 8.30. The Balaban J connectivity index is 2.85. The van der Waals surface area contributed by atoms with Gasteiger partial charge < -0.3 is 14.9 Å². The molecule has 0 aliphatic rings. The van der Waals surface area contributed by atoms with Gasteiger partial charge in [0.25, 0.3) is 0 Å². The number of aliphatic hydroxyl groups excluding tert-OH is 1. The zero-order valence-corrected chi connectivity index (χ0v) is 8.30. The van der Waals surface area contributed by atoms with Gasteiger partial charge in [0.2, 0.25) is 5.88 Å². The molecule has 0 bridgehead atoms. The van der Waals surface area contributed by atoms with Gasteiger partial charge >= 0.3 is 5.97 Å². The van der Waals surface area contributed by atoms with Crippen LogP contribution in [0.25, 0.3) is 0 Å². The number of carboxylic acids is 1. The van der Waals surface area contributed by atoms with Crippen molar-refractivity contribution in [2.24, 2.45) is 0 Å². The maximum atomic E-state index is 10.3. The highest BCUT2D eigenvalue weighted by Crippen LogP contribution is 2.17. The van der Waals surface area contributed by atoms with Gasteiger partial charge in [-0.1, -0.05) is 0 Å². The van der Waals surface area contributed by atoms with E-state index in [0.29, 0.717) is 17.7 Å². The summed E-state index contributed by atoms with van der Waals surface area (Å²) in [6, 6.07) is 0. The topological polar surface area (TPSA) is 92.5 Å². The third kappa shape index (κ3) is 3.17. The van der Waals surface area contributed by atoms with Crippen molar-refractivity contribution in [1.82, 2.24) is 9.97 Å². The van der Waals surface area contributed by atoms with Crippen molar-refractivity contribution < 1.29 is 19.7 Å². The van der Waals surface area contributed by atoms with E-state index >= 15 is 0 Å². The third-order valence-electron chi connectivity index (χ3n) is 1.82. The van der Waals surface area contributed by atoms with Crippen LogP contribution in [0, 0.1) is 6.92 Å². The van der Waals surface area contributed by atoms with Crippen LogP contribution in [0.1, 0.15) is 11.3 Å². The quantitative estimate of drug-likeness (QED) is 0.701. The van der Waals surface area contributed by atoms with Gasteiger partial charge in [0.1, 0.15) is 6.33 Å². The molecule has 6 heteroatoms. The standard InChI is InChI=1S/C9H12N2O4/c1-6-7(2-3-12)9(11-5-10-6)15-4-8(13)14/h5,12H,2-4H2,1H3,(H,13,14). The Kier molecular flexibility index (Phi) is 3.99. The molecule has 0 fully saturated rings. The molecule has 0 aliphatic heterocycles. The largest absolute Gasteiger partial charge is 0.479 e. The van der Waals surface area contributed by atoms with Gasteiger partial charge in [0.05, 0.1) is 0 Å². The molecular formula is C9H12N2O4. The van der Waals surface area contributed by atoms with Crippen molar-refractivity contribution in [1.29, 1.82) is 0 Å². The number of hydrogen-bond donors (Lipinski definition) is 2. The first kappa shape index (κ1) is 11.4. The van der Waals surface area contributed by atoms with E-state index in [4.69, 9.17) is 14.9 Å². The average Bonchev–Trinajstić information content (AvgIpc) is 2.19. The lowest BCUT2D eigenvalue weighted by molar-refractivity contribution is -0.139. The fourth-order valence-corrected chi connectivity index (χ4v) is 1.13. The molecule has 0 unspecified atom stereocenters. The molecule has 1 heterocycles. The summed E-state index contributed by atoms with van der Waals surface area (Å²) in [5.74, 6) is -0.847. The number of nitrogens with zero attached hydrogens (tertiary/aromatic N) is 2. The number of hydrogen-bond acceptors (Lipinski definition) is 5. The molecule has 0 spiro atoms. The molecule has 1 aromatic rings. The molecule has 1 aromatic heterocycles. The normalized spacial score (nSPS) is 10.0. The van der Waals surface area contributed by atoms with Crippen molar-refractivity contribution in [3.05, 3.63) is 17.6 Å². The predicted octanol–water partition coefficient (Wildman–Crippen LogP) is -0.217. The summed E-state index contributed by atoms with van der Waals surface area (Å²) >= 11 is 0. The molecule has 0 aromatic carbocycles. The van der Waals surface area contributed by atoms with E-state index in [0.717, 1.165) is 0 Å². The fraction of sp³-hybridized carbons (Fsp3) is 0.444. The van der Waals surface area contributed by atoms with Crippen LogP contribution < -0.4 is 4.74 Å². The maximum absolute atomic E-state index is 10.3. The van der Waals surface area contributed by atoms with Crippen LogP contribution in [0.4, 0.5) is 0 Å². The van der Waals surface area contributed by atoms with Crippen LogP contribution in [0.15, 0.2) is 6.33 Å². The van der Waals surface area contributed by atoms with E-state index in [1.165, 1.54) is 6.33 Å². The number of aliphatic carboxylic acids is 1. The molecule has 0 saturated heterocycles. The number of carboxylic acid groups (broad SMARTS) is 1. The van der Waals surface area contributed by atoms with E-state index in [-0.39, 0.29) is 12.5 Å². The van der Waals surface area contributed by atoms with Crippen LogP contribution >= 0.6 is 0 Å². The Morgan fingerprint density at radius 1 is 1.53 bits per heavy atom. The summed E-state index contributed by atoms with van der Waals surface area (Å²) in [5, 5.41) is 17.3. The Morgan fingerprint density at radius 2 is 2.27 bits per heavy atom. The van der Waals surface area contributed by atoms with Crippen LogP contribution in [-0.2, 0) is 11.2 Å². The van der Waals surface area contributed by atoms with Gasteiger partial charge in [-0.15, -0.1) is 0 Å². The third-order valence-corrected chi connectivity index (χ3v) is 1.82. The highest BCUT2D eigenvalue weighted by atomic mass is 16.5. The van der Waals surface area contributed by atoms with Crippen LogP contribution in [0.3, 0.4) is 0 Å². The number of aryl methyl sites for hydroxylation is 1. The van der Waals surface area contributed by atoms with Gasteiger partial charge in [-0.25, -0.2) is 14.8 Å². The summed E-state index contributed by atoms with van der Waals surface area (Å²) in [6.07, 6.45) is 1.65. The van der Waals surface area contributed by atoms with E-state index < -0.39 is 12.6 Å². The Hall–Kier alpha value is -1.69. The van der Waals surface area contributed by atoms with Crippen molar-refractivity contribution in [2.75, 3.05) is 13.2 Å².